The number of nitrogens with one attached hydrogen (secondary N) is 1. The predicted molar refractivity (Wildman–Crippen MR) is 107 cm³/mol. The molecule has 2 aliphatic rings. The molecule has 3 nitrogen and oxygen atoms in total. The molecule has 0 saturated carbocycles. The number of nitrogens with zero attached hydrogens (tertiary/aromatic N) is 1. The highest BCUT2D eigenvalue weighted by molar-refractivity contribution is 8.01. The van der Waals surface area contributed by atoms with Crippen LogP contribution in [-0.2, 0) is 24.3 Å². The van der Waals surface area contributed by atoms with Crippen LogP contribution in [-0.4, -0.2) is 29.1 Å². The fourth-order valence-corrected chi connectivity index (χ4v) is 4.99. The van der Waals surface area contributed by atoms with Crippen molar-refractivity contribution >= 4 is 17.7 Å². The van der Waals surface area contributed by atoms with Gasteiger partial charge in [-0.1, -0.05) is 48.9 Å². The van der Waals surface area contributed by atoms with Crippen molar-refractivity contribution in [2.24, 2.45) is 0 Å². The topological polar surface area (TPSA) is 32.3 Å². The van der Waals surface area contributed by atoms with E-state index in [4.69, 9.17) is 0 Å². The third kappa shape index (κ3) is 4.30. The summed E-state index contributed by atoms with van der Waals surface area (Å²) in [7, 11) is 0. The van der Waals surface area contributed by atoms with E-state index in [1.54, 1.807) is 11.8 Å². The highest BCUT2D eigenvalue weighted by Crippen LogP contribution is 2.36. The quantitative estimate of drug-likeness (QED) is 0.868. The van der Waals surface area contributed by atoms with E-state index in [9.17, 15) is 4.79 Å². The van der Waals surface area contributed by atoms with E-state index in [-0.39, 0.29) is 11.2 Å². The Hall–Kier alpha value is -1.78. The molecular weight excluding hydrogens is 340 g/mol. The lowest BCUT2D eigenvalue weighted by molar-refractivity contribution is -0.120. The summed E-state index contributed by atoms with van der Waals surface area (Å²) in [5, 5.41) is 3.11. The Bertz CT molecular complexity index is 728. The van der Waals surface area contributed by atoms with Crippen molar-refractivity contribution in [2.75, 3.05) is 13.1 Å². The van der Waals surface area contributed by atoms with Gasteiger partial charge in [0, 0.05) is 18.0 Å². The standard InChI is InChI=1S/C22H26N2OS/c25-22(21-14-19-6-2-3-7-20(19)26-21)23-15-17-8-10-18(11-9-17)16-24-12-4-1-5-13-24/h2-3,6-11,21H,1,4-5,12-16H2,(H,23,25). The SMILES string of the molecule is O=C(NCc1ccc(CN2CCCCC2)cc1)C1Cc2ccccc2S1. The minimum atomic E-state index is 0.00535. The van der Waals surface area contributed by atoms with Gasteiger partial charge in [-0.2, -0.15) is 0 Å². The molecule has 1 atom stereocenters. The van der Waals surface area contributed by atoms with Crippen LogP contribution in [0.4, 0.5) is 0 Å². The summed E-state index contributed by atoms with van der Waals surface area (Å²) in [6, 6.07) is 17.0. The van der Waals surface area contributed by atoms with Crippen LogP contribution in [0.25, 0.3) is 0 Å². The first-order chi connectivity index (χ1) is 12.8. The molecule has 1 N–H and O–H groups in total. The Morgan fingerprint density at radius 2 is 1.73 bits per heavy atom. The number of likely N-dealkylation sites (tertiary alicyclic amines) is 1. The lowest BCUT2D eigenvalue weighted by Crippen LogP contribution is -2.32. The lowest BCUT2D eigenvalue weighted by Gasteiger charge is -2.26. The second kappa shape index (κ2) is 8.28. The maximum atomic E-state index is 12.5. The zero-order valence-corrected chi connectivity index (χ0v) is 15.9. The van der Waals surface area contributed by atoms with Crippen molar-refractivity contribution in [2.45, 2.75) is 48.9 Å². The van der Waals surface area contributed by atoms with E-state index in [1.807, 2.05) is 12.1 Å². The zero-order valence-electron chi connectivity index (χ0n) is 15.1. The number of benzene rings is 2. The van der Waals surface area contributed by atoms with Gasteiger partial charge in [-0.15, -0.1) is 11.8 Å². The second-order valence-corrected chi connectivity index (χ2v) is 8.53. The van der Waals surface area contributed by atoms with Crippen LogP contribution in [0, 0.1) is 0 Å². The molecule has 1 fully saturated rings. The fourth-order valence-electron chi connectivity index (χ4n) is 3.77. The van der Waals surface area contributed by atoms with Gasteiger partial charge in [-0.3, -0.25) is 9.69 Å². The van der Waals surface area contributed by atoms with Gasteiger partial charge < -0.3 is 5.32 Å². The van der Waals surface area contributed by atoms with E-state index < -0.39 is 0 Å². The molecular formula is C22H26N2OS. The van der Waals surface area contributed by atoms with Crippen molar-refractivity contribution < 1.29 is 4.79 Å². The van der Waals surface area contributed by atoms with Crippen molar-refractivity contribution in [1.82, 2.24) is 10.2 Å². The number of rotatable bonds is 5. The third-order valence-electron chi connectivity index (χ3n) is 5.28. The molecule has 1 amide bonds. The summed E-state index contributed by atoms with van der Waals surface area (Å²) in [6.07, 6.45) is 4.86. The molecule has 136 valence electrons. The van der Waals surface area contributed by atoms with E-state index >= 15 is 0 Å². The molecule has 0 aromatic heterocycles. The second-order valence-electron chi connectivity index (χ2n) is 7.29. The number of hydrogen-bond acceptors (Lipinski definition) is 3. The Morgan fingerprint density at radius 1 is 1.00 bits per heavy atom. The van der Waals surface area contributed by atoms with Gasteiger partial charge in [0.25, 0.3) is 0 Å². The first-order valence-electron chi connectivity index (χ1n) is 9.60. The van der Waals surface area contributed by atoms with Crippen molar-refractivity contribution in [3.05, 3.63) is 65.2 Å². The number of hydrogen-bond donors (Lipinski definition) is 1. The van der Waals surface area contributed by atoms with Gasteiger partial charge >= 0.3 is 0 Å². The number of amides is 1. The molecule has 2 heterocycles. The van der Waals surface area contributed by atoms with Gasteiger partial charge in [0.15, 0.2) is 0 Å². The summed E-state index contributed by atoms with van der Waals surface area (Å²) >= 11 is 1.68. The summed E-state index contributed by atoms with van der Waals surface area (Å²) in [6.45, 7) is 4.10. The predicted octanol–water partition coefficient (Wildman–Crippen LogP) is 4.01. The van der Waals surface area contributed by atoms with Crippen LogP contribution in [0.15, 0.2) is 53.4 Å². The van der Waals surface area contributed by atoms with Crippen LogP contribution in [0.3, 0.4) is 0 Å². The average Bonchev–Trinajstić information content (AvgIpc) is 3.12. The number of piperidine rings is 1. The Labute approximate surface area is 160 Å². The molecule has 2 aromatic carbocycles. The normalized spacial score (nSPS) is 19.9. The Balaban J connectivity index is 1.26. The van der Waals surface area contributed by atoms with Gasteiger partial charge in [0.2, 0.25) is 5.91 Å². The summed E-state index contributed by atoms with van der Waals surface area (Å²) in [4.78, 5) is 16.3. The van der Waals surface area contributed by atoms with E-state index in [1.165, 1.54) is 53.9 Å². The molecule has 4 heteroatoms. The molecule has 0 spiro atoms. The molecule has 26 heavy (non-hydrogen) atoms. The Kier molecular flexibility index (Phi) is 5.61. The van der Waals surface area contributed by atoms with Crippen LogP contribution in [0.5, 0.6) is 0 Å². The van der Waals surface area contributed by atoms with E-state index in [0.717, 1.165) is 13.0 Å². The van der Waals surface area contributed by atoms with Crippen LogP contribution in [0.2, 0.25) is 0 Å². The third-order valence-corrected chi connectivity index (χ3v) is 6.60. The molecule has 0 bridgehead atoms. The van der Waals surface area contributed by atoms with Crippen molar-refractivity contribution in [1.29, 1.82) is 0 Å². The zero-order chi connectivity index (χ0) is 17.8. The smallest absolute Gasteiger partial charge is 0.234 e. The van der Waals surface area contributed by atoms with E-state index in [0.29, 0.717) is 6.54 Å². The highest BCUT2D eigenvalue weighted by atomic mass is 32.2. The minimum absolute atomic E-state index is 0.00535. The van der Waals surface area contributed by atoms with Crippen molar-refractivity contribution in [3.63, 3.8) is 0 Å². The number of carbonyl (C=O) groups is 1. The van der Waals surface area contributed by atoms with E-state index in [2.05, 4.69) is 46.6 Å². The highest BCUT2D eigenvalue weighted by Gasteiger charge is 2.27. The van der Waals surface area contributed by atoms with Gasteiger partial charge in [0.05, 0.1) is 5.25 Å². The van der Waals surface area contributed by atoms with Crippen LogP contribution < -0.4 is 5.32 Å². The fraction of sp³-hybridized carbons (Fsp3) is 0.409. The molecule has 1 unspecified atom stereocenters. The number of carbonyl (C=O) groups excluding carboxylic acids is 1. The monoisotopic (exact) mass is 366 g/mol. The van der Waals surface area contributed by atoms with Gasteiger partial charge in [-0.25, -0.2) is 0 Å². The molecule has 2 aliphatic heterocycles. The largest absolute Gasteiger partial charge is 0.351 e. The molecule has 1 saturated heterocycles. The maximum absolute atomic E-state index is 12.5. The maximum Gasteiger partial charge on any atom is 0.234 e. The first kappa shape index (κ1) is 17.6. The number of fused-ring (bicyclic) bond motifs is 1. The van der Waals surface area contributed by atoms with Gasteiger partial charge in [-0.05, 0) is 55.1 Å². The van der Waals surface area contributed by atoms with Crippen LogP contribution in [0.1, 0.15) is 36.0 Å². The first-order valence-corrected chi connectivity index (χ1v) is 10.5. The molecule has 0 aliphatic carbocycles. The summed E-state index contributed by atoms with van der Waals surface area (Å²) in [5.74, 6) is 0.142. The average molecular weight is 367 g/mol. The summed E-state index contributed by atoms with van der Waals surface area (Å²) in [5.41, 5.74) is 3.82. The number of thioether (sulfide) groups is 1. The molecule has 2 aromatic rings. The minimum Gasteiger partial charge on any atom is -0.351 e. The molecule has 0 radical (unpaired) electrons. The Morgan fingerprint density at radius 3 is 2.50 bits per heavy atom. The van der Waals surface area contributed by atoms with Crippen LogP contribution >= 0.6 is 11.8 Å². The molecule has 4 rings (SSSR count). The van der Waals surface area contributed by atoms with Crippen molar-refractivity contribution in [3.8, 4) is 0 Å². The summed E-state index contributed by atoms with van der Waals surface area (Å²) < 4.78 is 0. The lowest BCUT2D eigenvalue weighted by atomic mass is 10.1. The van der Waals surface area contributed by atoms with Gasteiger partial charge in [0.1, 0.15) is 0 Å².